The molecule has 1 aliphatic rings. The van der Waals surface area contributed by atoms with E-state index in [0.717, 1.165) is 34.9 Å². The SMILES string of the molecule is CCCCNC(=O)[C@@H](CC)N(Cc1ccccc1Cl)C(=O)CN1C(=O)c2cccc3cccc1c23. The van der Waals surface area contributed by atoms with Crippen LogP contribution in [-0.4, -0.2) is 41.8 Å². The van der Waals surface area contributed by atoms with Crippen LogP contribution < -0.4 is 10.2 Å². The summed E-state index contributed by atoms with van der Waals surface area (Å²) in [6.45, 7) is 4.52. The van der Waals surface area contributed by atoms with Gasteiger partial charge in [0.2, 0.25) is 11.8 Å². The summed E-state index contributed by atoms with van der Waals surface area (Å²) in [5.74, 6) is -0.705. The summed E-state index contributed by atoms with van der Waals surface area (Å²) < 4.78 is 0. The van der Waals surface area contributed by atoms with Gasteiger partial charge in [-0.05, 0) is 42.0 Å². The van der Waals surface area contributed by atoms with Crippen molar-refractivity contribution >= 4 is 45.8 Å². The molecular formula is C28H30ClN3O3. The summed E-state index contributed by atoms with van der Waals surface area (Å²) in [4.78, 5) is 43.2. The van der Waals surface area contributed by atoms with Crippen LogP contribution in [-0.2, 0) is 16.1 Å². The minimum absolute atomic E-state index is 0.157. The molecule has 182 valence electrons. The molecule has 3 amide bonds. The lowest BCUT2D eigenvalue weighted by Gasteiger charge is -2.32. The number of nitrogens with one attached hydrogen (secondary N) is 1. The summed E-state index contributed by atoms with van der Waals surface area (Å²) in [6.07, 6.45) is 2.27. The quantitative estimate of drug-likeness (QED) is 0.397. The highest BCUT2D eigenvalue weighted by atomic mass is 35.5. The van der Waals surface area contributed by atoms with Crippen molar-refractivity contribution < 1.29 is 14.4 Å². The molecule has 0 saturated heterocycles. The van der Waals surface area contributed by atoms with Crippen molar-refractivity contribution in [2.24, 2.45) is 0 Å². The van der Waals surface area contributed by atoms with Crippen LogP contribution in [0.3, 0.4) is 0 Å². The van der Waals surface area contributed by atoms with Crippen molar-refractivity contribution in [3.63, 3.8) is 0 Å². The zero-order chi connectivity index (χ0) is 24.9. The Labute approximate surface area is 210 Å². The van der Waals surface area contributed by atoms with Gasteiger partial charge in [0.15, 0.2) is 0 Å². The smallest absolute Gasteiger partial charge is 0.259 e. The first kappa shape index (κ1) is 24.7. The summed E-state index contributed by atoms with van der Waals surface area (Å²) in [6, 6.07) is 17.9. The van der Waals surface area contributed by atoms with Crippen LogP contribution >= 0.6 is 11.6 Å². The summed E-state index contributed by atoms with van der Waals surface area (Å²) in [5, 5.41) is 5.30. The number of carbonyl (C=O) groups is 3. The number of carbonyl (C=O) groups excluding carboxylic acids is 3. The summed E-state index contributed by atoms with van der Waals surface area (Å²) >= 11 is 6.41. The van der Waals surface area contributed by atoms with Gasteiger partial charge in [-0.25, -0.2) is 0 Å². The summed E-state index contributed by atoms with van der Waals surface area (Å²) in [5.41, 5.74) is 2.06. The lowest BCUT2D eigenvalue weighted by atomic mass is 10.1. The third kappa shape index (κ3) is 5.03. The molecule has 0 spiro atoms. The Morgan fingerprint density at radius 3 is 2.49 bits per heavy atom. The second kappa shape index (κ2) is 10.9. The van der Waals surface area contributed by atoms with Crippen LogP contribution in [0.25, 0.3) is 10.8 Å². The maximum absolute atomic E-state index is 13.8. The fourth-order valence-corrected chi connectivity index (χ4v) is 4.79. The van der Waals surface area contributed by atoms with Crippen molar-refractivity contribution in [2.75, 3.05) is 18.0 Å². The molecule has 3 aromatic carbocycles. The molecule has 1 atom stereocenters. The molecule has 0 fully saturated rings. The lowest BCUT2D eigenvalue weighted by Crippen LogP contribution is -2.52. The number of benzene rings is 3. The van der Waals surface area contributed by atoms with Crippen LogP contribution in [0, 0.1) is 0 Å². The largest absolute Gasteiger partial charge is 0.354 e. The second-order valence-electron chi connectivity index (χ2n) is 8.75. The molecule has 35 heavy (non-hydrogen) atoms. The Balaban J connectivity index is 1.63. The van der Waals surface area contributed by atoms with Crippen LogP contribution in [0.1, 0.15) is 49.0 Å². The summed E-state index contributed by atoms with van der Waals surface area (Å²) in [7, 11) is 0. The fourth-order valence-electron chi connectivity index (χ4n) is 4.60. The zero-order valence-corrected chi connectivity index (χ0v) is 20.8. The van der Waals surface area contributed by atoms with E-state index in [4.69, 9.17) is 11.6 Å². The van der Waals surface area contributed by atoms with E-state index < -0.39 is 6.04 Å². The van der Waals surface area contributed by atoms with Crippen LogP contribution in [0.5, 0.6) is 0 Å². The zero-order valence-electron chi connectivity index (χ0n) is 20.1. The molecule has 3 aromatic rings. The van der Waals surface area contributed by atoms with Gasteiger partial charge in [0.25, 0.3) is 5.91 Å². The topological polar surface area (TPSA) is 69.7 Å². The third-order valence-corrected chi connectivity index (χ3v) is 6.83. The van der Waals surface area contributed by atoms with Gasteiger partial charge in [0.1, 0.15) is 12.6 Å². The molecule has 1 aliphatic heterocycles. The number of nitrogens with zero attached hydrogens (tertiary/aromatic N) is 2. The molecule has 1 N–H and O–H groups in total. The Morgan fingerprint density at radius 2 is 1.77 bits per heavy atom. The highest BCUT2D eigenvalue weighted by Crippen LogP contribution is 2.37. The molecule has 7 heteroatoms. The lowest BCUT2D eigenvalue weighted by molar-refractivity contribution is -0.140. The van der Waals surface area contributed by atoms with Crippen molar-refractivity contribution in [3.8, 4) is 0 Å². The Kier molecular flexibility index (Phi) is 7.71. The average Bonchev–Trinajstić information content (AvgIpc) is 3.13. The molecule has 4 rings (SSSR count). The Morgan fingerprint density at radius 1 is 1.03 bits per heavy atom. The maximum Gasteiger partial charge on any atom is 0.259 e. The molecule has 0 radical (unpaired) electrons. The van der Waals surface area contributed by atoms with Gasteiger partial charge in [0.05, 0.1) is 5.69 Å². The molecule has 0 unspecified atom stereocenters. The molecule has 6 nitrogen and oxygen atoms in total. The Hall–Kier alpha value is -3.38. The fraction of sp³-hybridized carbons (Fsp3) is 0.321. The van der Waals surface area contributed by atoms with Crippen molar-refractivity contribution in [3.05, 3.63) is 76.8 Å². The van der Waals surface area contributed by atoms with Gasteiger partial charge in [-0.1, -0.05) is 74.3 Å². The predicted molar refractivity (Wildman–Crippen MR) is 140 cm³/mol. The highest BCUT2D eigenvalue weighted by molar-refractivity contribution is 6.31. The first-order valence-electron chi connectivity index (χ1n) is 12.1. The molecule has 0 saturated carbocycles. The number of hydrogen-bond acceptors (Lipinski definition) is 3. The first-order chi connectivity index (χ1) is 17.0. The normalized spacial score (nSPS) is 13.2. The Bertz CT molecular complexity index is 1250. The number of halogens is 1. The maximum atomic E-state index is 13.8. The number of anilines is 1. The van der Waals surface area contributed by atoms with Gasteiger partial charge in [-0.2, -0.15) is 0 Å². The van der Waals surface area contributed by atoms with Crippen molar-refractivity contribution in [1.82, 2.24) is 10.2 Å². The van der Waals surface area contributed by atoms with Crippen LogP contribution in [0.2, 0.25) is 5.02 Å². The molecule has 0 bridgehead atoms. The van der Waals surface area contributed by atoms with Gasteiger partial charge in [0, 0.05) is 29.1 Å². The third-order valence-electron chi connectivity index (χ3n) is 6.46. The number of amides is 3. The highest BCUT2D eigenvalue weighted by Gasteiger charge is 2.35. The minimum Gasteiger partial charge on any atom is -0.354 e. The number of hydrogen-bond donors (Lipinski definition) is 1. The van der Waals surface area contributed by atoms with E-state index in [1.807, 2.05) is 55.5 Å². The van der Waals surface area contributed by atoms with E-state index in [1.54, 1.807) is 17.0 Å². The number of unbranched alkanes of at least 4 members (excludes halogenated alkanes) is 1. The number of rotatable bonds is 10. The van der Waals surface area contributed by atoms with Gasteiger partial charge in [-0.15, -0.1) is 0 Å². The predicted octanol–water partition coefficient (Wildman–Crippen LogP) is 5.18. The molecule has 1 heterocycles. The van der Waals surface area contributed by atoms with Gasteiger partial charge >= 0.3 is 0 Å². The van der Waals surface area contributed by atoms with E-state index in [0.29, 0.717) is 23.6 Å². The average molecular weight is 492 g/mol. The van der Waals surface area contributed by atoms with Crippen LogP contribution in [0.15, 0.2) is 60.7 Å². The minimum atomic E-state index is -0.675. The monoisotopic (exact) mass is 491 g/mol. The molecule has 0 aromatic heterocycles. The van der Waals surface area contributed by atoms with Gasteiger partial charge < -0.3 is 10.2 Å². The van der Waals surface area contributed by atoms with E-state index in [2.05, 4.69) is 12.2 Å². The van der Waals surface area contributed by atoms with Crippen molar-refractivity contribution in [1.29, 1.82) is 0 Å². The first-order valence-corrected chi connectivity index (χ1v) is 12.5. The van der Waals surface area contributed by atoms with E-state index >= 15 is 0 Å². The standard InChI is InChI=1S/C28H30ClN3O3/c1-3-5-16-30-27(34)23(4-2)31(17-20-10-6-7-14-22(20)29)25(33)18-32-24-15-9-12-19-11-8-13-21(26(19)24)28(32)35/h6-15,23H,3-5,16-18H2,1-2H3,(H,30,34)/t23-/m1/s1. The molecular weight excluding hydrogens is 462 g/mol. The van der Waals surface area contributed by atoms with E-state index in [-0.39, 0.29) is 30.8 Å². The van der Waals surface area contributed by atoms with E-state index in [1.165, 1.54) is 4.90 Å². The van der Waals surface area contributed by atoms with Gasteiger partial charge in [-0.3, -0.25) is 19.3 Å². The van der Waals surface area contributed by atoms with E-state index in [9.17, 15) is 14.4 Å². The van der Waals surface area contributed by atoms with Crippen molar-refractivity contribution in [2.45, 2.75) is 45.7 Å². The van der Waals surface area contributed by atoms with Crippen LogP contribution in [0.4, 0.5) is 5.69 Å². The second-order valence-corrected chi connectivity index (χ2v) is 9.16. The molecule has 0 aliphatic carbocycles.